The van der Waals surface area contributed by atoms with Crippen LogP contribution in [0.3, 0.4) is 0 Å². The number of aryl methyl sites for hydroxylation is 3. The van der Waals surface area contributed by atoms with Gasteiger partial charge in [-0.1, -0.05) is 36.4 Å². The molecule has 1 aromatic heterocycles. The Kier molecular flexibility index (Phi) is 14.3. The van der Waals surface area contributed by atoms with Crippen LogP contribution < -0.4 is 10.6 Å². The number of carbonyl (C=O) groups is 5. The molecule has 0 aliphatic heterocycles. The van der Waals surface area contributed by atoms with E-state index in [1.165, 1.54) is 11.3 Å². The first-order valence-corrected chi connectivity index (χ1v) is 19.7. The van der Waals surface area contributed by atoms with Gasteiger partial charge in [-0.15, -0.1) is 11.3 Å². The summed E-state index contributed by atoms with van der Waals surface area (Å²) in [4.78, 5) is 67.3. The number of carboxylic acids is 2. The third-order valence-electron chi connectivity index (χ3n) is 9.99. The molecule has 3 aromatic carbocycles. The van der Waals surface area contributed by atoms with Crippen LogP contribution in [0.2, 0.25) is 0 Å². The van der Waals surface area contributed by atoms with E-state index in [4.69, 9.17) is 10.2 Å². The van der Waals surface area contributed by atoms with Gasteiger partial charge < -0.3 is 25.7 Å². The zero-order chi connectivity index (χ0) is 39.5. The molecule has 1 aliphatic rings. The minimum Gasteiger partial charge on any atom is -0.481 e. The van der Waals surface area contributed by atoms with Crippen molar-refractivity contribution in [3.63, 3.8) is 0 Å². The number of benzene rings is 3. The highest BCUT2D eigenvalue weighted by molar-refractivity contribution is 7.17. The number of hydrogen-bond donors (Lipinski definition) is 4. The van der Waals surface area contributed by atoms with Gasteiger partial charge in [0.1, 0.15) is 5.00 Å². The fourth-order valence-electron chi connectivity index (χ4n) is 6.77. The average Bonchev–Trinajstić information content (AvgIpc) is 3.54. The summed E-state index contributed by atoms with van der Waals surface area (Å²) in [5.74, 6) is -2.67. The smallest absolute Gasteiger partial charge is 0.335 e. The maximum atomic E-state index is 13.9. The largest absolute Gasteiger partial charge is 0.481 e. The van der Waals surface area contributed by atoms with E-state index in [0.717, 1.165) is 65.7 Å². The van der Waals surface area contributed by atoms with Gasteiger partial charge in [-0.2, -0.15) is 0 Å². The quantitative estimate of drug-likeness (QED) is 0.0810. The first-order chi connectivity index (χ1) is 26.4. The molecule has 290 valence electrons. The minimum atomic E-state index is -0.991. The molecular formula is C43H50N4O7S. The van der Waals surface area contributed by atoms with E-state index in [1.807, 2.05) is 61.5 Å². The summed E-state index contributed by atoms with van der Waals surface area (Å²) in [5.41, 5.74) is 5.98. The van der Waals surface area contributed by atoms with Crippen LogP contribution in [0.15, 0.2) is 72.8 Å². The molecule has 5 rings (SSSR count). The van der Waals surface area contributed by atoms with E-state index in [0.29, 0.717) is 48.0 Å². The number of carboxylic acid groups (broad SMARTS) is 2. The molecule has 4 aromatic rings. The second-order valence-electron chi connectivity index (χ2n) is 14.2. The predicted molar refractivity (Wildman–Crippen MR) is 215 cm³/mol. The number of rotatable bonds is 18. The highest BCUT2D eigenvalue weighted by atomic mass is 32.1. The van der Waals surface area contributed by atoms with Crippen LogP contribution in [0, 0.1) is 0 Å². The number of fused-ring (bicyclic) bond motifs is 1. The van der Waals surface area contributed by atoms with Gasteiger partial charge in [0, 0.05) is 54.8 Å². The maximum absolute atomic E-state index is 13.9. The zero-order valence-corrected chi connectivity index (χ0v) is 32.5. The van der Waals surface area contributed by atoms with E-state index in [1.54, 1.807) is 23.1 Å². The molecule has 12 heteroatoms. The van der Waals surface area contributed by atoms with Gasteiger partial charge >= 0.3 is 11.9 Å². The van der Waals surface area contributed by atoms with Gasteiger partial charge in [0.25, 0.3) is 11.8 Å². The van der Waals surface area contributed by atoms with Crippen molar-refractivity contribution in [1.82, 2.24) is 9.80 Å². The molecule has 1 heterocycles. The van der Waals surface area contributed by atoms with E-state index >= 15 is 0 Å². The van der Waals surface area contributed by atoms with Crippen LogP contribution >= 0.6 is 11.3 Å². The molecule has 0 atom stereocenters. The van der Waals surface area contributed by atoms with Gasteiger partial charge in [0.15, 0.2) is 0 Å². The summed E-state index contributed by atoms with van der Waals surface area (Å²) >= 11 is 1.47. The predicted octanol–water partition coefficient (Wildman–Crippen LogP) is 7.54. The monoisotopic (exact) mass is 766 g/mol. The lowest BCUT2D eigenvalue weighted by Crippen LogP contribution is -2.41. The van der Waals surface area contributed by atoms with Crippen molar-refractivity contribution in [2.45, 2.75) is 84.7 Å². The number of nitrogens with zero attached hydrogens (tertiary/aromatic N) is 2. The summed E-state index contributed by atoms with van der Waals surface area (Å²) in [7, 11) is 0. The lowest BCUT2D eigenvalue weighted by molar-refractivity contribution is -0.141. The van der Waals surface area contributed by atoms with Crippen molar-refractivity contribution in [2.75, 3.05) is 30.3 Å². The lowest BCUT2D eigenvalue weighted by Gasteiger charge is -2.30. The number of aliphatic carboxylic acids is 1. The van der Waals surface area contributed by atoms with Crippen LogP contribution in [0.4, 0.5) is 10.7 Å². The molecule has 0 bridgehead atoms. The van der Waals surface area contributed by atoms with E-state index in [2.05, 4.69) is 29.4 Å². The maximum Gasteiger partial charge on any atom is 0.335 e. The van der Waals surface area contributed by atoms with Crippen LogP contribution in [-0.2, 0) is 41.8 Å². The molecule has 0 saturated heterocycles. The summed E-state index contributed by atoms with van der Waals surface area (Å²) < 4.78 is 0. The number of anilines is 2. The number of amides is 3. The van der Waals surface area contributed by atoms with Crippen molar-refractivity contribution in [3.8, 4) is 0 Å². The SMILES string of the molecule is CCN(CCN(Cc1cccc(C(=O)Nc2sc3c(c2C(=O)Nc2ccc(CCc4ccc(C(=O)O)cc4)cc2)CCCC3)c1)C(C)C)C(=O)CCC(=O)O. The molecule has 0 unspecified atom stereocenters. The molecule has 3 amide bonds. The summed E-state index contributed by atoms with van der Waals surface area (Å²) in [6.45, 7) is 8.14. The summed E-state index contributed by atoms with van der Waals surface area (Å²) in [6, 6.07) is 22.2. The first kappa shape index (κ1) is 40.8. The standard InChI is InChI=1S/C43H50N4O7S/c1-4-46(37(48)22-23-38(49)50)24-25-47(28(2)3)27-31-8-7-9-33(26-31)40(51)45-42-39(35-10-5-6-11-36(35)55-42)41(52)44-34-20-16-30(17-21-34)13-12-29-14-18-32(19-15-29)43(53)54/h7-9,14-21,26,28H,4-6,10-13,22-25,27H2,1-3H3,(H,44,52)(H,45,51)(H,49,50)(H,53,54). The molecule has 0 saturated carbocycles. The second-order valence-corrected chi connectivity index (χ2v) is 15.3. The van der Waals surface area contributed by atoms with Crippen LogP contribution in [0.1, 0.15) is 105 Å². The highest BCUT2D eigenvalue weighted by Crippen LogP contribution is 2.39. The third-order valence-corrected chi connectivity index (χ3v) is 11.2. The van der Waals surface area contributed by atoms with Crippen LogP contribution in [0.5, 0.6) is 0 Å². The average molecular weight is 767 g/mol. The Balaban J connectivity index is 1.23. The number of nitrogens with one attached hydrogen (secondary N) is 2. The second kappa shape index (κ2) is 19.3. The number of carbonyl (C=O) groups excluding carboxylic acids is 3. The fraction of sp³-hybridized carbons (Fsp3) is 0.372. The normalized spacial score (nSPS) is 12.3. The highest BCUT2D eigenvalue weighted by Gasteiger charge is 2.27. The van der Waals surface area contributed by atoms with Gasteiger partial charge in [0.05, 0.1) is 17.5 Å². The summed E-state index contributed by atoms with van der Waals surface area (Å²) in [5, 5.41) is 24.8. The molecule has 1 aliphatic carbocycles. The molecule has 4 N–H and O–H groups in total. The zero-order valence-electron chi connectivity index (χ0n) is 31.7. The van der Waals surface area contributed by atoms with Crippen LogP contribution in [0.25, 0.3) is 0 Å². The molecule has 0 spiro atoms. The Bertz CT molecular complexity index is 1990. The van der Waals surface area contributed by atoms with Crippen molar-refractivity contribution < 1.29 is 34.2 Å². The van der Waals surface area contributed by atoms with Gasteiger partial charge in [0.2, 0.25) is 5.91 Å². The van der Waals surface area contributed by atoms with Crippen molar-refractivity contribution in [3.05, 3.63) is 117 Å². The van der Waals surface area contributed by atoms with Gasteiger partial charge in [-0.3, -0.25) is 24.1 Å². The Hall–Kier alpha value is -5.33. The van der Waals surface area contributed by atoms with Crippen molar-refractivity contribution in [1.29, 1.82) is 0 Å². The lowest BCUT2D eigenvalue weighted by atomic mass is 9.95. The molecule has 11 nitrogen and oxygen atoms in total. The van der Waals surface area contributed by atoms with Crippen molar-refractivity contribution in [2.24, 2.45) is 0 Å². The van der Waals surface area contributed by atoms with Crippen LogP contribution in [-0.4, -0.2) is 75.3 Å². The third kappa shape index (κ3) is 11.3. The van der Waals surface area contributed by atoms with E-state index < -0.39 is 11.9 Å². The number of likely N-dealkylation sites (N-methyl/N-ethyl adjacent to an activating group) is 1. The Labute approximate surface area is 326 Å². The summed E-state index contributed by atoms with van der Waals surface area (Å²) in [6.07, 6.45) is 4.96. The van der Waals surface area contributed by atoms with E-state index in [-0.39, 0.29) is 42.2 Å². The Morgan fingerprint density at radius 2 is 1.44 bits per heavy atom. The van der Waals surface area contributed by atoms with Gasteiger partial charge in [-0.25, -0.2) is 4.79 Å². The number of aromatic carboxylic acids is 1. The molecule has 0 fully saturated rings. The van der Waals surface area contributed by atoms with Crippen molar-refractivity contribution >= 4 is 51.7 Å². The first-order valence-electron chi connectivity index (χ1n) is 18.9. The molecule has 55 heavy (non-hydrogen) atoms. The Morgan fingerprint density at radius 1 is 0.764 bits per heavy atom. The number of hydrogen-bond acceptors (Lipinski definition) is 7. The topological polar surface area (TPSA) is 156 Å². The van der Waals surface area contributed by atoms with E-state index in [9.17, 15) is 24.0 Å². The molecular weight excluding hydrogens is 717 g/mol. The number of thiophene rings is 1. The Morgan fingerprint density at radius 3 is 2.07 bits per heavy atom. The van der Waals surface area contributed by atoms with Gasteiger partial charge in [-0.05, 0) is 118 Å². The minimum absolute atomic E-state index is 0.0251. The fourth-order valence-corrected chi connectivity index (χ4v) is 8.05. The molecule has 0 radical (unpaired) electrons.